The average molecular weight is 341 g/mol. The predicted octanol–water partition coefficient (Wildman–Crippen LogP) is 3.68. The van der Waals surface area contributed by atoms with E-state index in [1.807, 2.05) is 11.0 Å². The summed E-state index contributed by atoms with van der Waals surface area (Å²) >= 11 is 1.72. The van der Waals surface area contributed by atoms with E-state index in [-0.39, 0.29) is 5.91 Å². The molecule has 4 rings (SSSR count). The Bertz CT molecular complexity index is 719. The van der Waals surface area contributed by atoms with Crippen LogP contribution in [0.3, 0.4) is 0 Å². The molecule has 4 nitrogen and oxygen atoms in total. The highest BCUT2D eigenvalue weighted by molar-refractivity contribution is 7.14. The summed E-state index contributed by atoms with van der Waals surface area (Å²) in [7, 11) is 0. The molecule has 0 unspecified atom stereocenters. The topological polar surface area (TPSA) is 46.1 Å². The second-order valence-corrected chi connectivity index (χ2v) is 8.24. The molecule has 1 aliphatic heterocycles. The molecule has 2 aliphatic rings. The number of aromatic nitrogens is 2. The molecule has 0 N–H and O–H groups in total. The lowest BCUT2D eigenvalue weighted by atomic mass is 9.90. The Hall–Kier alpha value is -1.75. The maximum Gasteiger partial charge on any atom is 0.263 e. The molecule has 24 heavy (non-hydrogen) atoms. The van der Waals surface area contributed by atoms with E-state index >= 15 is 0 Å². The molecular formula is C19H23N3OS. The maximum atomic E-state index is 12.9. The number of amides is 1. The molecule has 1 fully saturated rings. The van der Waals surface area contributed by atoms with Crippen molar-refractivity contribution in [1.82, 2.24) is 14.9 Å². The van der Waals surface area contributed by atoms with E-state index in [0.717, 1.165) is 55.3 Å². The number of rotatable bonds is 2. The molecule has 0 aromatic carbocycles. The largest absolute Gasteiger partial charge is 0.338 e. The molecule has 0 radical (unpaired) electrons. The molecular weight excluding hydrogens is 318 g/mol. The van der Waals surface area contributed by atoms with E-state index in [0.29, 0.717) is 5.92 Å². The van der Waals surface area contributed by atoms with Crippen LogP contribution < -0.4 is 0 Å². The van der Waals surface area contributed by atoms with Gasteiger partial charge in [-0.3, -0.25) is 4.79 Å². The Kier molecular flexibility index (Phi) is 4.35. The van der Waals surface area contributed by atoms with Crippen molar-refractivity contribution in [2.75, 3.05) is 13.1 Å². The minimum atomic E-state index is 0.225. The van der Waals surface area contributed by atoms with Gasteiger partial charge in [0.25, 0.3) is 5.91 Å². The van der Waals surface area contributed by atoms with Gasteiger partial charge in [-0.05, 0) is 55.7 Å². The highest BCUT2D eigenvalue weighted by Gasteiger charge is 2.27. The van der Waals surface area contributed by atoms with Crippen LogP contribution in [0.2, 0.25) is 0 Å². The lowest BCUT2D eigenvalue weighted by Crippen LogP contribution is -2.37. The Morgan fingerprint density at radius 1 is 1.29 bits per heavy atom. The Morgan fingerprint density at radius 2 is 2.12 bits per heavy atom. The van der Waals surface area contributed by atoms with Gasteiger partial charge in [-0.2, -0.15) is 0 Å². The highest BCUT2D eigenvalue weighted by Crippen LogP contribution is 2.34. The minimum Gasteiger partial charge on any atom is -0.338 e. The molecule has 0 spiro atoms. The van der Waals surface area contributed by atoms with Crippen LogP contribution >= 0.6 is 11.3 Å². The summed E-state index contributed by atoms with van der Waals surface area (Å²) in [6, 6.07) is 4.16. The molecule has 0 saturated carbocycles. The van der Waals surface area contributed by atoms with Crippen molar-refractivity contribution in [2.45, 2.75) is 44.9 Å². The second kappa shape index (κ2) is 6.63. The van der Waals surface area contributed by atoms with Crippen LogP contribution in [-0.4, -0.2) is 33.9 Å². The predicted molar refractivity (Wildman–Crippen MR) is 95.4 cm³/mol. The van der Waals surface area contributed by atoms with Crippen LogP contribution in [0.5, 0.6) is 0 Å². The number of likely N-dealkylation sites (tertiary alicyclic amines) is 1. The SMILES string of the molecule is C[C@H]1CCc2sc(C(=O)N3CCC(c4ccncn4)CC3)cc2C1. The number of hydrogen-bond donors (Lipinski definition) is 0. The first-order chi connectivity index (χ1) is 11.7. The molecule has 126 valence electrons. The van der Waals surface area contributed by atoms with Crippen molar-refractivity contribution in [1.29, 1.82) is 0 Å². The summed E-state index contributed by atoms with van der Waals surface area (Å²) in [5.41, 5.74) is 2.52. The van der Waals surface area contributed by atoms with Crippen LogP contribution in [0.15, 0.2) is 24.7 Å². The van der Waals surface area contributed by atoms with Gasteiger partial charge in [0.05, 0.1) is 4.88 Å². The number of nitrogens with zero attached hydrogens (tertiary/aromatic N) is 3. The van der Waals surface area contributed by atoms with Gasteiger partial charge >= 0.3 is 0 Å². The number of carbonyl (C=O) groups is 1. The third-order valence-corrected chi connectivity index (χ3v) is 6.57. The van der Waals surface area contributed by atoms with Crippen molar-refractivity contribution in [3.63, 3.8) is 0 Å². The van der Waals surface area contributed by atoms with Gasteiger partial charge in [0, 0.05) is 35.8 Å². The fraction of sp³-hybridized carbons (Fsp3) is 0.526. The number of thiophene rings is 1. The molecule has 1 amide bonds. The quantitative estimate of drug-likeness (QED) is 0.837. The van der Waals surface area contributed by atoms with E-state index in [1.165, 1.54) is 16.9 Å². The van der Waals surface area contributed by atoms with Crippen LogP contribution in [0.25, 0.3) is 0 Å². The van der Waals surface area contributed by atoms with Crippen molar-refractivity contribution in [2.24, 2.45) is 5.92 Å². The monoisotopic (exact) mass is 341 g/mol. The lowest BCUT2D eigenvalue weighted by molar-refractivity contribution is 0.0717. The number of carbonyl (C=O) groups excluding carboxylic acids is 1. The first kappa shape index (κ1) is 15.8. The van der Waals surface area contributed by atoms with E-state index in [2.05, 4.69) is 23.0 Å². The first-order valence-electron chi connectivity index (χ1n) is 8.87. The second-order valence-electron chi connectivity index (χ2n) is 7.11. The van der Waals surface area contributed by atoms with E-state index < -0.39 is 0 Å². The number of fused-ring (bicyclic) bond motifs is 1. The summed E-state index contributed by atoms with van der Waals surface area (Å²) in [4.78, 5) is 25.6. The zero-order valence-corrected chi connectivity index (χ0v) is 14.9. The first-order valence-corrected chi connectivity index (χ1v) is 9.69. The normalized spacial score (nSPS) is 21.5. The fourth-order valence-electron chi connectivity index (χ4n) is 3.89. The van der Waals surface area contributed by atoms with Gasteiger partial charge in [0.2, 0.25) is 0 Å². The Balaban J connectivity index is 1.42. The van der Waals surface area contributed by atoms with Crippen LogP contribution in [0.1, 0.15) is 57.9 Å². The highest BCUT2D eigenvalue weighted by atomic mass is 32.1. The molecule has 2 aromatic rings. The fourth-order valence-corrected chi connectivity index (χ4v) is 5.06. The third-order valence-electron chi connectivity index (χ3n) is 5.35. The minimum absolute atomic E-state index is 0.225. The summed E-state index contributed by atoms with van der Waals surface area (Å²) < 4.78 is 0. The lowest BCUT2D eigenvalue weighted by Gasteiger charge is -2.31. The van der Waals surface area contributed by atoms with Gasteiger partial charge in [0.15, 0.2) is 0 Å². The summed E-state index contributed by atoms with van der Waals surface area (Å²) in [6.45, 7) is 3.96. The number of piperidine rings is 1. The van der Waals surface area contributed by atoms with Crippen molar-refractivity contribution in [3.05, 3.63) is 45.7 Å². The zero-order chi connectivity index (χ0) is 16.5. The van der Waals surface area contributed by atoms with Gasteiger partial charge in [-0.25, -0.2) is 9.97 Å². The summed E-state index contributed by atoms with van der Waals surface area (Å²) in [5, 5.41) is 0. The Morgan fingerprint density at radius 3 is 2.88 bits per heavy atom. The summed E-state index contributed by atoms with van der Waals surface area (Å²) in [6.07, 6.45) is 8.93. The van der Waals surface area contributed by atoms with Gasteiger partial charge in [-0.15, -0.1) is 11.3 Å². The summed E-state index contributed by atoms with van der Waals surface area (Å²) in [5.74, 6) is 1.43. The zero-order valence-electron chi connectivity index (χ0n) is 14.1. The van der Waals surface area contributed by atoms with Crippen LogP contribution in [0.4, 0.5) is 0 Å². The van der Waals surface area contributed by atoms with Crippen molar-refractivity contribution < 1.29 is 4.79 Å². The third kappa shape index (κ3) is 3.09. The molecule has 2 aromatic heterocycles. The molecule has 0 bridgehead atoms. The molecule has 5 heteroatoms. The van der Waals surface area contributed by atoms with Crippen molar-refractivity contribution >= 4 is 17.2 Å². The number of hydrogen-bond acceptors (Lipinski definition) is 4. The van der Waals surface area contributed by atoms with Crippen LogP contribution in [0, 0.1) is 5.92 Å². The van der Waals surface area contributed by atoms with E-state index in [4.69, 9.17) is 0 Å². The Labute approximate surface area is 146 Å². The van der Waals surface area contributed by atoms with Gasteiger partial charge < -0.3 is 4.90 Å². The molecule has 3 heterocycles. The number of aryl methyl sites for hydroxylation is 1. The molecule has 1 atom stereocenters. The standard InChI is InChI=1S/C19H23N3OS/c1-13-2-3-17-15(10-13)11-18(24-17)19(23)22-8-5-14(6-9-22)16-4-7-20-12-21-16/h4,7,11-14H,2-3,5-6,8-10H2,1H3/t13-/m0/s1. The van der Waals surface area contributed by atoms with E-state index in [1.54, 1.807) is 23.9 Å². The van der Waals surface area contributed by atoms with E-state index in [9.17, 15) is 4.79 Å². The average Bonchev–Trinajstić information content (AvgIpc) is 3.05. The molecule has 1 saturated heterocycles. The molecule has 1 aliphatic carbocycles. The van der Waals surface area contributed by atoms with Crippen LogP contribution in [-0.2, 0) is 12.8 Å². The van der Waals surface area contributed by atoms with Gasteiger partial charge in [0.1, 0.15) is 6.33 Å². The smallest absolute Gasteiger partial charge is 0.263 e. The van der Waals surface area contributed by atoms with Gasteiger partial charge in [-0.1, -0.05) is 6.92 Å². The van der Waals surface area contributed by atoms with Crippen molar-refractivity contribution in [3.8, 4) is 0 Å². The maximum absolute atomic E-state index is 12.9.